The van der Waals surface area contributed by atoms with Crippen LogP contribution in [0.4, 0.5) is 0 Å². The number of hydrogen-bond acceptors (Lipinski definition) is 3. The number of aryl methyl sites for hydroxylation is 1. The Morgan fingerprint density at radius 3 is 2.82 bits per heavy atom. The van der Waals surface area contributed by atoms with Crippen LogP contribution in [-0.2, 0) is 17.8 Å². The molecule has 0 saturated heterocycles. The number of benzene rings is 2. The van der Waals surface area contributed by atoms with E-state index in [9.17, 15) is 9.90 Å². The molecule has 1 aliphatic rings. The smallest absolute Gasteiger partial charge is 0.321 e. The van der Waals surface area contributed by atoms with Gasteiger partial charge < -0.3 is 15.2 Å². The second kappa shape index (κ2) is 5.81. The van der Waals surface area contributed by atoms with Crippen molar-refractivity contribution in [1.82, 2.24) is 5.32 Å². The largest absolute Gasteiger partial charge is 0.496 e. The molecule has 0 bridgehead atoms. The summed E-state index contributed by atoms with van der Waals surface area (Å²) in [6.07, 6.45) is 0.506. The summed E-state index contributed by atoms with van der Waals surface area (Å²) in [6, 6.07) is 11.7. The normalized spacial score (nSPS) is 16.9. The number of methoxy groups -OCH3 is 1. The minimum Gasteiger partial charge on any atom is -0.496 e. The van der Waals surface area contributed by atoms with Gasteiger partial charge in [-0.15, -0.1) is 0 Å². The molecule has 0 radical (unpaired) electrons. The van der Waals surface area contributed by atoms with Crippen LogP contribution in [0.2, 0.25) is 0 Å². The highest BCUT2D eigenvalue weighted by Crippen LogP contribution is 2.32. The molecule has 0 spiro atoms. The van der Waals surface area contributed by atoms with Crippen molar-refractivity contribution in [2.75, 3.05) is 7.11 Å². The monoisotopic (exact) mass is 297 g/mol. The molecule has 114 valence electrons. The van der Waals surface area contributed by atoms with E-state index < -0.39 is 12.0 Å². The molecule has 3 rings (SSSR count). The van der Waals surface area contributed by atoms with E-state index in [0.717, 1.165) is 28.0 Å². The van der Waals surface area contributed by atoms with Crippen molar-refractivity contribution >= 4 is 5.97 Å². The van der Waals surface area contributed by atoms with Crippen LogP contribution in [0.5, 0.6) is 5.75 Å². The quantitative estimate of drug-likeness (QED) is 0.914. The number of carbonyl (C=O) groups is 1. The summed E-state index contributed by atoms with van der Waals surface area (Å²) >= 11 is 0. The standard InChI is InChI=1S/C18H19NO3/c1-11-8-12(6-7-17(11)22-2)14-5-3-4-13-10-19-16(18(20)21)9-15(13)14/h3-8,16,19H,9-10H2,1-2H3,(H,20,21). The van der Waals surface area contributed by atoms with Crippen LogP contribution in [0.25, 0.3) is 11.1 Å². The molecule has 0 fully saturated rings. The van der Waals surface area contributed by atoms with Gasteiger partial charge in [0.1, 0.15) is 11.8 Å². The Kier molecular flexibility index (Phi) is 3.86. The Hall–Kier alpha value is -2.33. The van der Waals surface area contributed by atoms with Crippen LogP contribution in [-0.4, -0.2) is 24.2 Å². The average molecular weight is 297 g/mol. The molecule has 4 nitrogen and oxygen atoms in total. The predicted octanol–water partition coefficient (Wildman–Crippen LogP) is 2.77. The molecule has 0 aromatic heterocycles. The van der Waals surface area contributed by atoms with E-state index in [1.807, 2.05) is 25.1 Å². The summed E-state index contributed by atoms with van der Waals surface area (Å²) in [6.45, 7) is 2.61. The van der Waals surface area contributed by atoms with E-state index >= 15 is 0 Å². The highest BCUT2D eigenvalue weighted by Gasteiger charge is 2.25. The number of carboxylic acids is 1. The van der Waals surface area contributed by atoms with Gasteiger partial charge in [0.2, 0.25) is 0 Å². The molecule has 4 heteroatoms. The second-order valence-electron chi connectivity index (χ2n) is 5.60. The fraction of sp³-hybridized carbons (Fsp3) is 0.278. The fourth-order valence-electron chi connectivity index (χ4n) is 3.04. The molecule has 2 N–H and O–H groups in total. The third kappa shape index (κ3) is 2.57. The number of hydrogen-bond donors (Lipinski definition) is 2. The van der Waals surface area contributed by atoms with E-state index in [4.69, 9.17) is 4.74 Å². The van der Waals surface area contributed by atoms with Crippen molar-refractivity contribution < 1.29 is 14.6 Å². The molecule has 1 atom stereocenters. The Labute approximate surface area is 129 Å². The lowest BCUT2D eigenvalue weighted by molar-refractivity contribution is -0.139. The Bertz CT molecular complexity index is 724. The van der Waals surface area contributed by atoms with Gasteiger partial charge >= 0.3 is 5.97 Å². The van der Waals surface area contributed by atoms with Gasteiger partial charge in [-0.3, -0.25) is 4.79 Å². The lowest BCUT2D eigenvalue weighted by Crippen LogP contribution is -2.41. The highest BCUT2D eigenvalue weighted by molar-refractivity contribution is 5.77. The van der Waals surface area contributed by atoms with Gasteiger partial charge in [-0.1, -0.05) is 24.3 Å². The van der Waals surface area contributed by atoms with Gasteiger partial charge in [-0.2, -0.15) is 0 Å². The minimum atomic E-state index is -0.800. The fourth-order valence-corrected chi connectivity index (χ4v) is 3.04. The first-order valence-electron chi connectivity index (χ1n) is 7.32. The molecule has 0 saturated carbocycles. The molecule has 0 aliphatic carbocycles. The lowest BCUT2D eigenvalue weighted by atomic mass is 9.88. The second-order valence-corrected chi connectivity index (χ2v) is 5.60. The first-order valence-corrected chi connectivity index (χ1v) is 7.32. The first-order chi connectivity index (χ1) is 10.6. The van der Waals surface area contributed by atoms with Crippen molar-refractivity contribution in [3.8, 4) is 16.9 Å². The molecule has 22 heavy (non-hydrogen) atoms. The van der Waals surface area contributed by atoms with Gasteiger partial charge in [0.15, 0.2) is 0 Å². The van der Waals surface area contributed by atoms with Crippen molar-refractivity contribution in [2.24, 2.45) is 0 Å². The zero-order chi connectivity index (χ0) is 15.7. The van der Waals surface area contributed by atoms with E-state index in [0.29, 0.717) is 13.0 Å². The molecular weight excluding hydrogens is 278 g/mol. The maximum atomic E-state index is 11.3. The molecule has 2 aromatic rings. The third-order valence-corrected chi connectivity index (χ3v) is 4.22. The van der Waals surface area contributed by atoms with E-state index in [1.54, 1.807) is 7.11 Å². The number of aliphatic carboxylic acids is 1. The highest BCUT2D eigenvalue weighted by atomic mass is 16.5. The summed E-state index contributed by atoms with van der Waals surface area (Å²) in [4.78, 5) is 11.3. The van der Waals surface area contributed by atoms with Crippen molar-refractivity contribution in [1.29, 1.82) is 0 Å². The predicted molar refractivity (Wildman–Crippen MR) is 85.1 cm³/mol. The summed E-state index contributed by atoms with van der Waals surface area (Å²) in [5, 5.41) is 12.3. The Morgan fingerprint density at radius 1 is 1.32 bits per heavy atom. The van der Waals surface area contributed by atoms with Gasteiger partial charge in [0.25, 0.3) is 0 Å². The summed E-state index contributed by atoms with van der Waals surface area (Å²) in [5.74, 6) is 0.0602. The molecular formula is C18H19NO3. The molecule has 1 aliphatic heterocycles. The van der Waals surface area contributed by atoms with E-state index in [2.05, 4.69) is 23.5 Å². The van der Waals surface area contributed by atoms with Crippen LogP contribution in [0, 0.1) is 6.92 Å². The molecule has 1 heterocycles. The van der Waals surface area contributed by atoms with E-state index in [-0.39, 0.29) is 0 Å². The lowest BCUT2D eigenvalue weighted by Gasteiger charge is -2.25. The topological polar surface area (TPSA) is 58.6 Å². The summed E-state index contributed by atoms with van der Waals surface area (Å²) in [7, 11) is 1.66. The SMILES string of the molecule is COc1ccc(-c2cccc3c2CC(C(=O)O)NC3)cc1C. The minimum absolute atomic E-state index is 0.506. The number of rotatable bonds is 3. The molecule has 2 aromatic carbocycles. The number of nitrogens with one attached hydrogen (secondary N) is 1. The van der Waals surface area contributed by atoms with Crippen LogP contribution >= 0.6 is 0 Å². The maximum absolute atomic E-state index is 11.3. The zero-order valence-corrected chi connectivity index (χ0v) is 12.7. The zero-order valence-electron chi connectivity index (χ0n) is 12.7. The maximum Gasteiger partial charge on any atom is 0.321 e. The summed E-state index contributed by atoms with van der Waals surface area (Å²) in [5.41, 5.74) is 5.57. The van der Waals surface area contributed by atoms with Crippen molar-refractivity contribution in [3.63, 3.8) is 0 Å². The van der Waals surface area contributed by atoms with Crippen LogP contribution in [0.1, 0.15) is 16.7 Å². The van der Waals surface area contributed by atoms with Gasteiger partial charge in [-0.05, 0) is 53.3 Å². The number of carboxylic acid groups (broad SMARTS) is 1. The van der Waals surface area contributed by atoms with Crippen molar-refractivity contribution in [3.05, 3.63) is 53.1 Å². The molecule has 0 amide bonds. The van der Waals surface area contributed by atoms with Gasteiger partial charge in [-0.25, -0.2) is 0 Å². The number of fused-ring (bicyclic) bond motifs is 1. The Morgan fingerprint density at radius 2 is 2.14 bits per heavy atom. The first kappa shape index (κ1) is 14.6. The average Bonchev–Trinajstić information content (AvgIpc) is 2.53. The van der Waals surface area contributed by atoms with Crippen LogP contribution in [0.3, 0.4) is 0 Å². The third-order valence-electron chi connectivity index (χ3n) is 4.22. The van der Waals surface area contributed by atoms with Crippen molar-refractivity contribution in [2.45, 2.75) is 25.9 Å². The van der Waals surface area contributed by atoms with Crippen LogP contribution in [0.15, 0.2) is 36.4 Å². The van der Waals surface area contributed by atoms with E-state index in [1.165, 1.54) is 5.56 Å². The van der Waals surface area contributed by atoms with Crippen LogP contribution < -0.4 is 10.1 Å². The summed E-state index contributed by atoms with van der Waals surface area (Å²) < 4.78 is 5.31. The van der Waals surface area contributed by atoms with Gasteiger partial charge in [0.05, 0.1) is 7.11 Å². The van der Waals surface area contributed by atoms with Gasteiger partial charge in [0, 0.05) is 6.54 Å². The Balaban J connectivity index is 2.05. The number of ether oxygens (including phenoxy) is 1. The molecule has 1 unspecified atom stereocenters.